The van der Waals surface area contributed by atoms with Gasteiger partial charge in [-0.3, -0.25) is 24.1 Å². The number of aldehydes is 1. The lowest BCUT2D eigenvalue weighted by molar-refractivity contribution is -0.137. The maximum Gasteiger partial charge on any atom is 0.290 e. The Hall–Kier alpha value is -4.17. The number of hydrogen-bond donors (Lipinski definition) is 7. The Kier molecular flexibility index (Phi) is 24.5. The van der Waals surface area contributed by atoms with Crippen molar-refractivity contribution in [2.24, 2.45) is 5.73 Å². The molecule has 0 aliphatic carbocycles. The van der Waals surface area contributed by atoms with Gasteiger partial charge in [0.15, 0.2) is 0 Å². The molecule has 0 aromatic heterocycles. The molecule has 234 valence electrons. The predicted octanol–water partition coefficient (Wildman–Crippen LogP) is -1.23. The number of aliphatic hydroxyl groups excluding tert-OH is 3. The molecule has 3 rings (SSSR count). The van der Waals surface area contributed by atoms with E-state index in [0.29, 0.717) is 43.9 Å². The second-order valence-electron chi connectivity index (χ2n) is 8.01. The number of amides is 3. The van der Waals surface area contributed by atoms with Gasteiger partial charge in [0.2, 0.25) is 5.91 Å². The van der Waals surface area contributed by atoms with Crippen LogP contribution in [0.2, 0.25) is 0 Å². The van der Waals surface area contributed by atoms with Crippen molar-refractivity contribution in [1.82, 2.24) is 4.90 Å². The number of nitrogens with one attached hydrogen (secondary N) is 1. The number of carbonyl (C=O) groups is 5. The van der Waals surface area contributed by atoms with Gasteiger partial charge in [0.05, 0.1) is 57.5 Å². The maximum absolute atomic E-state index is 11.2. The second-order valence-corrected chi connectivity index (χ2v) is 8.01. The molecular weight excluding hydrogens is 558 g/mol. The van der Waals surface area contributed by atoms with Crippen LogP contribution in [-0.4, -0.2) is 113 Å². The molecule has 2 heterocycles. The fourth-order valence-corrected chi connectivity index (χ4v) is 2.96. The van der Waals surface area contributed by atoms with E-state index in [4.69, 9.17) is 40.4 Å². The summed E-state index contributed by atoms with van der Waals surface area (Å²) in [4.78, 5) is 52.6. The van der Waals surface area contributed by atoms with Crippen molar-refractivity contribution < 1.29 is 59.0 Å². The first-order valence-corrected chi connectivity index (χ1v) is 12.5. The Balaban J connectivity index is 0. The van der Waals surface area contributed by atoms with E-state index in [0.717, 1.165) is 11.2 Å². The number of carbonyl (C=O) groups excluding carboxylic acids is 4. The first kappa shape index (κ1) is 40.0. The Labute approximate surface area is 243 Å². The first-order valence-electron chi connectivity index (χ1n) is 12.5. The minimum absolute atomic E-state index is 0.0300. The summed E-state index contributed by atoms with van der Waals surface area (Å²) in [5, 5.41) is 45.3. The molecule has 1 fully saturated rings. The molecule has 15 heteroatoms. The number of aromatic hydroxyl groups is 1. The summed E-state index contributed by atoms with van der Waals surface area (Å²) in [6.45, 7) is 1.45. The Morgan fingerprint density at radius 2 is 1.69 bits per heavy atom. The molecule has 0 bridgehead atoms. The number of phenols is 1. The van der Waals surface area contributed by atoms with Crippen LogP contribution in [-0.2, 0) is 40.1 Å². The Bertz CT molecular complexity index is 974. The summed E-state index contributed by atoms with van der Waals surface area (Å²) < 4.78 is 9.82. The van der Waals surface area contributed by atoms with Gasteiger partial charge in [0, 0.05) is 38.0 Å². The monoisotopic (exact) mass is 597 g/mol. The number of carboxylic acid groups (broad SMARTS) is 1. The fourth-order valence-electron chi connectivity index (χ4n) is 2.96. The number of benzene rings is 1. The van der Waals surface area contributed by atoms with E-state index in [1.54, 1.807) is 6.07 Å². The molecule has 3 amide bonds. The summed E-state index contributed by atoms with van der Waals surface area (Å²) in [6, 6.07) is 4.52. The minimum Gasteiger partial charge on any atom is -0.506 e. The average molecular weight is 598 g/mol. The molecule has 15 nitrogen and oxygen atoms in total. The normalized spacial score (nSPS) is 16.6. The van der Waals surface area contributed by atoms with E-state index in [9.17, 15) is 24.3 Å². The molecule has 1 aromatic rings. The fraction of sp³-hybridized carbons (Fsp3) is 0.444. The smallest absolute Gasteiger partial charge is 0.290 e. The van der Waals surface area contributed by atoms with Gasteiger partial charge < -0.3 is 50.9 Å². The second kappa shape index (κ2) is 25.8. The van der Waals surface area contributed by atoms with Crippen LogP contribution in [0.3, 0.4) is 0 Å². The van der Waals surface area contributed by atoms with E-state index in [1.807, 2.05) is 0 Å². The zero-order valence-corrected chi connectivity index (χ0v) is 23.0. The van der Waals surface area contributed by atoms with Crippen LogP contribution >= 0.6 is 0 Å². The summed E-state index contributed by atoms with van der Waals surface area (Å²) in [5.41, 5.74) is 6.13. The number of terminal acetylenes is 1. The summed E-state index contributed by atoms with van der Waals surface area (Å²) in [6.07, 6.45) is 11.3. The standard InChI is InChI=1S/C10H14N2O3.C9H11NO4.C5H10O3.C2H2.CH2O2/c11-4-3-10(15)12-8-5-7(6-13)1-2-9(8)14;11-5-1-6-14-7-4-10-8(12)2-3-9(10)13;6-4-1-5(7)3-8-2-4;1-2;2-1-3/h1-2,5,13-14H,3-4,6,11H2,(H,12,15);2-3,5H,1,4,6-7H2;4-7H,1-3H2;1-2H;1H,(H,2,3)/t;;4-,5+;;. The van der Waals surface area contributed by atoms with Gasteiger partial charge >= 0.3 is 0 Å². The molecule has 0 radical (unpaired) electrons. The van der Waals surface area contributed by atoms with Crippen molar-refractivity contribution in [2.75, 3.05) is 44.8 Å². The number of aliphatic hydroxyl groups is 3. The van der Waals surface area contributed by atoms with Gasteiger partial charge in [-0.25, -0.2) is 0 Å². The highest BCUT2D eigenvalue weighted by Gasteiger charge is 2.22. The van der Waals surface area contributed by atoms with Crippen LogP contribution in [0, 0.1) is 12.8 Å². The number of nitrogens with two attached hydrogens (primary N) is 1. The summed E-state index contributed by atoms with van der Waals surface area (Å²) in [7, 11) is 0. The average Bonchev–Trinajstić information content (AvgIpc) is 3.28. The van der Waals surface area contributed by atoms with Crippen LogP contribution < -0.4 is 11.1 Å². The van der Waals surface area contributed by atoms with E-state index < -0.39 is 12.2 Å². The van der Waals surface area contributed by atoms with Crippen molar-refractivity contribution in [3.05, 3.63) is 35.9 Å². The molecule has 0 unspecified atom stereocenters. The van der Waals surface area contributed by atoms with Crippen LogP contribution in [0.1, 0.15) is 24.8 Å². The lowest BCUT2D eigenvalue weighted by Gasteiger charge is -2.21. The van der Waals surface area contributed by atoms with Crippen molar-refractivity contribution in [1.29, 1.82) is 0 Å². The quantitative estimate of drug-likeness (QED) is 0.0549. The van der Waals surface area contributed by atoms with Crippen LogP contribution in [0.25, 0.3) is 0 Å². The van der Waals surface area contributed by atoms with Crippen molar-refractivity contribution >= 4 is 36.2 Å². The van der Waals surface area contributed by atoms with Gasteiger partial charge in [0.25, 0.3) is 18.3 Å². The Morgan fingerprint density at radius 3 is 2.14 bits per heavy atom. The third-order valence-corrected chi connectivity index (χ3v) is 4.79. The number of nitrogens with zero attached hydrogens (tertiary/aromatic N) is 1. The highest BCUT2D eigenvalue weighted by molar-refractivity contribution is 6.12. The number of ether oxygens (including phenoxy) is 2. The highest BCUT2D eigenvalue weighted by Crippen LogP contribution is 2.24. The minimum atomic E-state index is -0.459. The third kappa shape index (κ3) is 19.0. The maximum atomic E-state index is 11.2. The van der Waals surface area contributed by atoms with Crippen molar-refractivity contribution in [3.8, 4) is 18.6 Å². The zero-order valence-electron chi connectivity index (χ0n) is 23.0. The summed E-state index contributed by atoms with van der Waals surface area (Å²) >= 11 is 0. The van der Waals surface area contributed by atoms with Gasteiger partial charge in [0.1, 0.15) is 12.0 Å². The van der Waals surface area contributed by atoms with E-state index in [-0.39, 0.29) is 62.7 Å². The van der Waals surface area contributed by atoms with Crippen LogP contribution in [0.4, 0.5) is 5.69 Å². The highest BCUT2D eigenvalue weighted by atomic mass is 16.5. The van der Waals surface area contributed by atoms with Gasteiger partial charge in [-0.2, -0.15) is 0 Å². The molecule has 0 spiro atoms. The lowest BCUT2D eigenvalue weighted by Crippen LogP contribution is -2.33. The van der Waals surface area contributed by atoms with Gasteiger partial charge in [-0.15, -0.1) is 12.8 Å². The number of anilines is 1. The van der Waals surface area contributed by atoms with Gasteiger partial charge in [-0.05, 0) is 17.7 Å². The number of imide groups is 1. The summed E-state index contributed by atoms with van der Waals surface area (Å²) in [5.74, 6) is -0.913. The van der Waals surface area contributed by atoms with E-state index in [2.05, 4.69) is 18.2 Å². The number of hydrogen-bond acceptors (Lipinski definition) is 12. The molecule has 42 heavy (non-hydrogen) atoms. The molecule has 8 N–H and O–H groups in total. The zero-order chi connectivity index (χ0) is 32.3. The van der Waals surface area contributed by atoms with E-state index >= 15 is 0 Å². The van der Waals surface area contributed by atoms with Gasteiger partial charge in [-0.1, -0.05) is 6.07 Å². The van der Waals surface area contributed by atoms with E-state index in [1.165, 1.54) is 24.3 Å². The molecular formula is C27H39N3O12. The molecule has 2 atom stereocenters. The molecule has 0 saturated carbocycles. The molecule has 1 aromatic carbocycles. The number of phenolic OH excluding ortho intramolecular Hbond substituents is 1. The molecule has 1 saturated heterocycles. The Morgan fingerprint density at radius 1 is 1.12 bits per heavy atom. The number of rotatable bonds is 10. The van der Waals surface area contributed by atoms with Crippen LogP contribution in [0.15, 0.2) is 30.4 Å². The largest absolute Gasteiger partial charge is 0.506 e. The van der Waals surface area contributed by atoms with Crippen molar-refractivity contribution in [2.45, 2.75) is 38.1 Å². The lowest BCUT2D eigenvalue weighted by atomic mass is 10.1. The van der Waals surface area contributed by atoms with Crippen LogP contribution in [0.5, 0.6) is 5.75 Å². The topological polar surface area (TPSA) is 246 Å². The third-order valence-electron chi connectivity index (χ3n) is 4.79. The SMILES string of the molecule is C#C.NCCC(=O)Nc1cc(CO)ccc1O.O=CCCOCCN1C(=O)C=CC1=O.O=CO.O[C@@H]1COC[C@H](O)C1. The first-order chi connectivity index (χ1) is 20.1. The molecule has 2 aliphatic rings. The molecule has 2 aliphatic heterocycles. The predicted molar refractivity (Wildman–Crippen MR) is 150 cm³/mol. The van der Waals surface area contributed by atoms with Crippen molar-refractivity contribution in [3.63, 3.8) is 0 Å².